The fourth-order valence-corrected chi connectivity index (χ4v) is 2.61. The van der Waals surface area contributed by atoms with Gasteiger partial charge in [-0.3, -0.25) is 4.79 Å². The minimum absolute atomic E-state index is 0.00653. The Labute approximate surface area is 121 Å². The molecule has 0 radical (unpaired) electrons. The second-order valence-corrected chi connectivity index (χ2v) is 5.17. The predicted octanol–water partition coefficient (Wildman–Crippen LogP) is 2.09. The molecule has 0 saturated heterocycles. The third-order valence-electron chi connectivity index (χ3n) is 2.82. The smallest absolute Gasteiger partial charge is 0.232 e. The van der Waals surface area contributed by atoms with E-state index in [0.29, 0.717) is 18.7 Å². The van der Waals surface area contributed by atoms with Gasteiger partial charge in [0.05, 0.1) is 23.8 Å². The van der Waals surface area contributed by atoms with E-state index in [4.69, 9.17) is 5.26 Å². The molecule has 0 aliphatic rings. The quantitative estimate of drug-likeness (QED) is 0.622. The number of rotatable bonds is 5. The van der Waals surface area contributed by atoms with Crippen molar-refractivity contribution in [2.24, 2.45) is 0 Å². The molecule has 1 heterocycles. The summed E-state index contributed by atoms with van der Waals surface area (Å²) in [6.45, 7) is 0.459. The van der Waals surface area contributed by atoms with Crippen LogP contribution in [-0.4, -0.2) is 40.1 Å². The Hall–Kier alpha value is -2.13. The van der Waals surface area contributed by atoms with Gasteiger partial charge in [0, 0.05) is 19.0 Å². The van der Waals surface area contributed by atoms with Crippen LogP contribution in [0.4, 0.5) is 0 Å². The molecule has 102 valence electrons. The summed E-state index contributed by atoms with van der Waals surface area (Å²) in [5, 5.41) is 10.3. The zero-order valence-corrected chi connectivity index (χ0v) is 11.9. The topological polar surface area (TPSA) is 69.9 Å². The minimum Gasteiger partial charge on any atom is -0.344 e. The molecule has 1 aromatic heterocycles. The second-order valence-electron chi connectivity index (χ2n) is 4.21. The van der Waals surface area contributed by atoms with Crippen LogP contribution in [0.5, 0.6) is 0 Å². The van der Waals surface area contributed by atoms with Gasteiger partial charge in [-0.1, -0.05) is 30.0 Å². The van der Waals surface area contributed by atoms with Gasteiger partial charge in [-0.15, -0.1) is 0 Å². The lowest BCUT2D eigenvalue weighted by Gasteiger charge is -2.14. The van der Waals surface area contributed by atoms with Gasteiger partial charge < -0.3 is 4.90 Å². The molecule has 0 aliphatic carbocycles. The second kappa shape index (κ2) is 6.87. The van der Waals surface area contributed by atoms with E-state index < -0.39 is 0 Å². The number of carbonyl (C=O) groups is 1. The lowest BCUT2D eigenvalue weighted by molar-refractivity contribution is -0.127. The van der Waals surface area contributed by atoms with E-state index in [1.165, 1.54) is 18.1 Å². The van der Waals surface area contributed by atoms with Crippen molar-refractivity contribution in [3.05, 3.63) is 30.6 Å². The highest BCUT2D eigenvalue weighted by Crippen LogP contribution is 2.24. The number of benzene rings is 1. The first-order valence-corrected chi connectivity index (χ1v) is 7.14. The van der Waals surface area contributed by atoms with Gasteiger partial charge in [0.25, 0.3) is 0 Å². The van der Waals surface area contributed by atoms with Gasteiger partial charge in [-0.05, 0) is 6.07 Å². The first kappa shape index (κ1) is 14.3. The number of nitrogens with zero attached hydrogens (tertiary/aromatic N) is 4. The number of nitriles is 1. The molecule has 0 saturated carbocycles. The molecule has 6 heteroatoms. The van der Waals surface area contributed by atoms with Crippen LogP contribution in [0.15, 0.2) is 35.6 Å². The zero-order chi connectivity index (χ0) is 14.4. The first-order chi connectivity index (χ1) is 9.72. The lowest BCUT2D eigenvalue weighted by atomic mass is 10.2. The maximum atomic E-state index is 11.9. The summed E-state index contributed by atoms with van der Waals surface area (Å²) in [4.78, 5) is 21.9. The van der Waals surface area contributed by atoms with Crippen molar-refractivity contribution in [1.82, 2.24) is 14.9 Å². The van der Waals surface area contributed by atoms with Crippen LogP contribution in [0.1, 0.15) is 6.42 Å². The summed E-state index contributed by atoms with van der Waals surface area (Å²) in [5.74, 6) is 0.302. The molecule has 0 bridgehead atoms. The van der Waals surface area contributed by atoms with E-state index >= 15 is 0 Å². The summed E-state index contributed by atoms with van der Waals surface area (Å²) >= 11 is 1.39. The van der Waals surface area contributed by atoms with Crippen molar-refractivity contribution in [3.8, 4) is 6.07 Å². The normalized spacial score (nSPS) is 10.2. The van der Waals surface area contributed by atoms with E-state index in [-0.39, 0.29) is 5.91 Å². The Morgan fingerprint density at radius 1 is 1.40 bits per heavy atom. The number of hydrogen-bond donors (Lipinski definition) is 0. The van der Waals surface area contributed by atoms with Crippen LogP contribution in [0, 0.1) is 11.3 Å². The van der Waals surface area contributed by atoms with Crippen LogP contribution in [0.25, 0.3) is 10.9 Å². The minimum atomic E-state index is -0.00653. The van der Waals surface area contributed by atoms with E-state index in [9.17, 15) is 4.79 Å². The average molecular weight is 286 g/mol. The molecule has 5 nitrogen and oxygen atoms in total. The highest BCUT2D eigenvalue weighted by atomic mass is 32.2. The van der Waals surface area contributed by atoms with E-state index in [1.54, 1.807) is 11.9 Å². The van der Waals surface area contributed by atoms with Crippen molar-refractivity contribution in [2.75, 3.05) is 19.3 Å². The van der Waals surface area contributed by atoms with Crippen LogP contribution >= 0.6 is 11.8 Å². The van der Waals surface area contributed by atoms with Crippen molar-refractivity contribution in [2.45, 2.75) is 11.4 Å². The highest BCUT2D eigenvalue weighted by molar-refractivity contribution is 8.00. The Bertz CT molecular complexity index is 648. The summed E-state index contributed by atoms with van der Waals surface area (Å²) in [7, 11) is 1.71. The average Bonchev–Trinajstić information content (AvgIpc) is 2.50. The van der Waals surface area contributed by atoms with Gasteiger partial charge >= 0.3 is 0 Å². The van der Waals surface area contributed by atoms with Crippen LogP contribution < -0.4 is 0 Å². The Kier molecular flexibility index (Phi) is 4.91. The van der Waals surface area contributed by atoms with Crippen molar-refractivity contribution < 1.29 is 4.79 Å². The molecule has 0 atom stereocenters. The first-order valence-electron chi connectivity index (χ1n) is 6.16. The van der Waals surface area contributed by atoms with E-state index in [0.717, 1.165) is 15.9 Å². The Morgan fingerprint density at radius 2 is 2.20 bits per heavy atom. The number of hydrogen-bond acceptors (Lipinski definition) is 5. The maximum Gasteiger partial charge on any atom is 0.232 e. The Balaban J connectivity index is 2.03. The third-order valence-corrected chi connectivity index (χ3v) is 3.81. The zero-order valence-electron chi connectivity index (χ0n) is 11.1. The standard InChI is InChI=1S/C14H14N4OS/c1-18(8-4-7-15)13(19)9-20-14-11-5-2-3-6-12(11)16-10-17-14/h2-3,5-6,10H,4,8-9H2,1H3. The fraction of sp³-hybridized carbons (Fsp3) is 0.286. The molecule has 0 aliphatic heterocycles. The predicted molar refractivity (Wildman–Crippen MR) is 78.1 cm³/mol. The largest absolute Gasteiger partial charge is 0.344 e. The number of amides is 1. The number of fused-ring (bicyclic) bond motifs is 1. The van der Waals surface area contributed by atoms with Crippen LogP contribution in [0.2, 0.25) is 0 Å². The molecule has 0 unspecified atom stereocenters. The number of thioether (sulfide) groups is 1. The summed E-state index contributed by atoms with van der Waals surface area (Å²) in [6, 6.07) is 9.74. The number of carbonyl (C=O) groups excluding carboxylic acids is 1. The molecule has 1 aromatic carbocycles. The molecule has 2 aromatic rings. The van der Waals surface area contributed by atoms with Crippen molar-refractivity contribution in [3.63, 3.8) is 0 Å². The SMILES string of the molecule is CN(CCC#N)C(=O)CSc1ncnc2ccccc12. The Morgan fingerprint density at radius 3 is 3.00 bits per heavy atom. The molecule has 0 fully saturated rings. The van der Waals surface area contributed by atoms with Gasteiger partial charge in [-0.2, -0.15) is 5.26 Å². The molecule has 2 rings (SSSR count). The van der Waals surface area contributed by atoms with E-state index in [2.05, 4.69) is 9.97 Å². The van der Waals surface area contributed by atoms with Crippen molar-refractivity contribution in [1.29, 1.82) is 5.26 Å². The molecule has 1 amide bonds. The van der Waals surface area contributed by atoms with Crippen LogP contribution in [-0.2, 0) is 4.79 Å². The maximum absolute atomic E-state index is 11.9. The monoisotopic (exact) mass is 286 g/mol. The highest BCUT2D eigenvalue weighted by Gasteiger charge is 2.11. The van der Waals surface area contributed by atoms with Crippen molar-refractivity contribution >= 4 is 28.6 Å². The van der Waals surface area contributed by atoms with Gasteiger partial charge in [-0.25, -0.2) is 9.97 Å². The van der Waals surface area contributed by atoms with Gasteiger partial charge in [0.2, 0.25) is 5.91 Å². The number of aromatic nitrogens is 2. The van der Waals surface area contributed by atoms with Crippen LogP contribution in [0.3, 0.4) is 0 Å². The molecule has 0 N–H and O–H groups in total. The molecular formula is C14H14N4OS. The molecule has 0 spiro atoms. The van der Waals surface area contributed by atoms with E-state index in [1.807, 2.05) is 30.3 Å². The summed E-state index contributed by atoms with van der Waals surface area (Å²) in [5.41, 5.74) is 0.871. The summed E-state index contributed by atoms with van der Waals surface area (Å²) in [6.07, 6.45) is 1.86. The number of para-hydroxylation sites is 1. The van der Waals surface area contributed by atoms with Gasteiger partial charge in [0.15, 0.2) is 0 Å². The lowest BCUT2D eigenvalue weighted by Crippen LogP contribution is -2.29. The molecular weight excluding hydrogens is 272 g/mol. The third kappa shape index (κ3) is 3.45. The molecule has 20 heavy (non-hydrogen) atoms. The summed E-state index contributed by atoms with van der Waals surface area (Å²) < 4.78 is 0. The van der Waals surface area contributed by atoms with Gasteiger partial charge in [0.1, 0.15) is 11.4 Å². The fourth-order valence-electron chi connectivity index (χ4n) is 1.68.